The summed E-state index contributed by atoms with van der Waals surface area (Å²) in [4.78, 5) is 36.5. The summed E-state index contributed by atoms with van der Waals surface area (Å²) in [6.07, 6.45) is 3.05. The number of carbonyl (C=O) groups is 3. The number of nitrogens with two attached hydrogens (primary N) is 1. The van der Waals surface area contributed by atoms with Gasteiger partial charge in [0.25, 0.3) is 0 Å². The molecule has 4 nitrogen and oxygen atoms in total. The average molecular weight is 374 g/mol. The van der Waals surface area contributed by atoms with Crippen LogP contribution in [-0.4, -0.2) is 46.9 Å². The van der Waals surface area contributed by atoms with Crippen molar-refractivity contribution in [1.82, 2.24) is 0 Å². The quantitative estimate of drug-likeness (QED) is 0.798. The van der Waals surface area contributed by atoms with E-state index in [0.717, 1.165) is 29.4 Å². The van der Waals surface area contributed by atoms with Gasteiger partial charge in [0.15, 0.2) is 5.78 Å². The summed E-state index contributed by atoms with van der Waals surface area (Å²) in [5.74, 6) is 3.87. The molecule has 1 saturated heterocycles. The topological polar surface area (TPSA) is 77.2 Å². The van der Waals surface area contributed by atoms with Crippen LogP contribution in [0.4, 0.5) is 0 Å². The molecule has 1 rings (SSSR count). The SMILES string of the molecule is CC(=O)CC[C@@]1(C)CSCCCSC[C@@](C)(C(=O)CN)CCC1=O. The van der Waals surface area contributed by atoms with Gasteiger partial charge < -0.3 is 10.5 Å². The van der Waals surface area contributed by atoms with Gasteiger partial charge in [-0.3, -0.25) is 9.59 Å². The lowest BCUT2D eigenvalue weighted by atomic mass is 9.76. The molecule has 1 aliphatic heterocycles. The normalized spacial score (nSPS) is 30.2. The Bertz CT molecular complexity index is 469. The molecule has 1 aliphatic rings. The second-order valence-corrected chi connectivity index (χ2v) is 9.54. The van der Waals surface area contributed by atoms with Crippen LogP contribution in [0.25, 0.3) is 0 Å². The van der Waals surface area contributed by atoms with E-state index in [4.69, 9.17) is 5.73 Å². The second-order valence-electron chi connectivity index (χ2n) is 7.33. The summed E-state index contributed by atoms with van der Waals surface area (Å²) in [5.41, 5.74) is 4.59. The van der Waals surface area contributed by atoms with E-state index < -0.39 is 10.8 Å². The summed E-state index contributed by atoms with van der Waals surface area (Å²) in [6, 6.07) is 0. The minimum absolute atomic E-state index is 0.0305. The van der Waals surface area contributed by atoms with E-state index in [9.17, 15) is 14.4 Å². The number of hydrogen-bond acceptors (Lipinski definition) is 6. The Kier molecular flexibility index (Phi) is 9.02. The van der Waals surface area contributed by atoms with E-state index in [1.165, 1.54) is 0 Å². The van der Waals surface area contributed by atoms with Crippen LogP contribution in [0.2, 0.25) is 0 Å². The van der Waals surface area contributed by atoms with Gasteiger partial charge in [-0.25, -0.2) is 0 Å². The third kappa shape index (κ3) is 6.52. The molecule has 138 valence electrons. The highest BCUT2D eigenvalue weighted by Gasteiger charge is 2.37. The first-order chi connectivity index (χ1) is 11.2. The highest BCUT2D eigenvalue weighted by molar-refractivity contribution is 8.00. The molecule has 1 fully saturated rings. The molecule has 2 N–H and O–H groups in total. The van der Waals surface area contributed by atoms with Gasteiger partial charge in [-0.05, 0) is 37.7 Å². The fourth-order valence-corrected chi connectivity index (χ4v) is 5.51. The van der Waals surface area contributed by atoms with Crippen LogP contribution in [0.3, 0.4) is 0 Å². The van der Waals surface area contributed by atoms with Gasteiger partial charge in [0.05, 0.1) is 6.54 Å². The molecule has 1 heterocycles. The maximum atomic E-state index is 12.9. The maximum Gasteiger partial charge on any atom is 0.153 e. The van der Waals surface area contributed by atoms with Gasteiger partial charge in [0, 0.05) is 35.2 Å². The first-order valence-corrected chi connectivity index (χ1v) is 11.0. The molecule has 0 spiro atoms. The van der Waals surface area contributed by atoms with Crippen molar-refractivity contribution in [1.29, 1.82) is 0 Å². The molecule has 0 aromatic rings. The molecule has 0 unspecified atom stereocenters. The number of rotatable bonds is 5. The fraction of sp³-hybridized carbons (Fsp3) is 0.833. The number of Topliss-reactive ketones (excluding diaryl/α,β-unsaturated/α-hetero) is 3. The predicted molar refractivity (Wildman–Crippen MR) is 104 cm³/mol. The van der Waals surface area contributed by atoms with Crippen molar-refractivity contribution >= 4 is 40.9 Å². The number of carbonyl (C=O) groups excluding carboxylic acids is 3. The van der Waals surface area contributed by atoms with Gasteiger partial charge in [0.1, 0.15) is 11.6 Å². The lowest BCUT2D eigenvalue weighted by Gasteiger charge is -2.32. The summed E-state index contributed by atoms with van der Waals surface area (Å²) >= 11 is 3.60. The molecule has 0 aromatic carbocycles. The van der Waals surface area contributed by atoms with Crippen molar-refractivity contribution in [2.24, 2.45) is 16.6 Å². The highest BCUT2D eigenvalue weighted by Crippen LogP contribution is 2.36. The zero-order chi connectivity index (χ0) is 18.2. The van der Waals surface area contributed by atoms with Crippen molar-refractivity contribution in [2.75, 3.05) is 29.6 Å². The van der Waals surface area contributed by atoms with E-state index in [0.29, 0.717) is 25.7 Å². The number of ketones is 3. The van der Waals surface area contributed by atoms with Crippen molar-refractivity contribution in [3.63, 3.8) is 0 Å². The minimum atomic E-state index is -0.525. The molecule has 0 aliphatic carbocycles. The van der Waals surface area contributed by atoms with Gasteiger partial charge in [-0.15, -0.1) is 0 Å². The molecule has 0 bridgehead atoms. The molecule has 2 atom stereocenters. The smallest absolute Gasteiger partial charge is 0.153 e. The first kappa shape index (κ1) is 21.7. The van der Waals surface area contributed by atoms with E-state index in [1.807, 2.05) is 25.6 Å². The van der Waals surface area contributed by atoms with E-state index >= 15 is 0 Å². The molecule has 0 radical (unpaired) electrons. The number of hydrogen-bond donors (Lipinski definition) is 1. The summed E-state index contributed by atoms with van der Waals surface area (Å²) in [6.45, 7) is 5.52. The minimum Gasteiger partial charge on any atom is -0.324 e. The van der Waals surface area contributed by atoms with Crippen LogP contribution in [0.1, 0.15) is 52.9 Å². The largest absolute Gasteiger partial charge is 0.324 e. The Morgan fingerprint density at radius 3 is 2.38 bits per heavy atom. The molecular weight excluding hydrogens is 342 g/mol. The predicted octanol–water partition coefficient (Wildman–Crippen LogP) is 3.12. The van der Waals surface area contributed by atoms with Crippen LogP contribution in [-0.2, 0) is 14.4 Å². The van der Waals surface area contributed by atoms with Gasteiger partial charge in [0.2, 0.25) is 0 Å². The van der Waals surface area contributed by atoms with Crippen LogP contribution in [0.5, 0.6) is 0 Å². The summed E-state index contributed by atoms with van der Waals surface area (Å²) in [7, 11) is 0. The van der Waals surface area contributed by atoms with Gasteiger partial charge in [-0.1, -0.05) is 13.8 Å². The second kappa shape index (κ2) is 9.97. The van der Waals surface area contributed by atoms with Gasteiger partial charge in [-0.2, -0.15) is 23.5 Å². The third-order valence-electron chi connectivity index (χ3n) is 4.88. The van der Waals surface area contributed by atoms with Crippen molar-refractivity contribution in [3.05, 3.63) is 0 Å². The molecule has 0 aromatic heterocycles. The van der Waals surface area contributed by atoms with Crippen molar-refractivity contribution in [2.45, 2.75) is 52.9 Å². The summed E-state index contributed by atoms with van der Waals surface area (Å²) in [5, 5.41) is 0. The van der Waals surface area contributed by atoms with E-state index in [-0.39, 0.29) is 23.9 Å². The first-order valence-electron chi connectivity index (χ1n) is 8.65. The molecule has 0 saturated carbocycles. The van der Waals surface area contributed by atoms with Crippen molar-refractivity contribution in [3.8, 4) is 0 Å². The van der Waals surface area contributed by atoms with E-state index in [1.54, 1.807) is 18.7 Å². The monoisotopic (exact) mass is 373 g/mol. The zero-order valence-electron chi connectivity index (χ0n) is 15.2. The standard InChI is InChI=1S/C18H31NO3S2/c1-14(20)5-7-17(2)12-23-9-4-10-24-13-18(3,16(22)11-19)8-6-15(17)21/h4-13,19H2,1-3H3/t17-,18-/m0/s1. The maximum absolute atomic E-state index is 12.9. The Morgan fingerprint density at radius 1 is 1.17 bits per heavy atom. The lowest BCUT2D eigenvalue weighted by molar-refractivity contribution is -0.129. The molecule has 0 amide bonds. The van der Waals surface area contributed by atoms with Crippen LogP contribution < -0.4 is 5.73 Å². The average Bonchev–Trinajstić information content (AvgIpc) is 2.55. The third-order valence-corrected chi connectivity index (χ3v) is 7.72. The molecule has 24 heavy (non-hydrogen) atoms. The van der Waals surface area contributed by atoms with Gasteiger partial charge >= 0.3 is 0 Å². The van der Waals surface area contributed by atoms with Crippen LogP contribution in [0.15, 0.2) is 0 Å². The fourth-order valence-electron chi connectivity index (χ4n) is 2.83. The molecule has 6 heteroatoms. The Labute approximate surface area is 154 Å². The van der Waals surface area contributed by atoms with Crippen LogP contribution >= 0.6 is 23.5 Å². The Morgan fingerprint density at radius 2 is 1.79 bits per heavy atom. The van der Waals surface area contributed by atoms with Crippen LogP contribution in [0, 0.1) is 10.8 Å². The molecular formula is C18H31NO3S2. The lowest BCUT2D eigenvalue weighted by Crippen LogP contribution is -2.38. The van der Waals surface area contributed by atoms with Crippen molar-refractivity contribution < 1.29 is 14.4 Å². The summed E-state index contributed by atoms with van der Waals surface area (Å²) < 4.78 is 0. The Balaban J connectivity index is 2.89. The number of thioether (sulfide) groups is 2. The van der Waals surface area contributed by atoms with E-state index in [2.05, 4.69) is 0 Å². The zero-order valence-corrected chi connectivity index (χ0v) is 16.8. The Hall–Kier alpha value is -0.330. The highest BCUT2D eigenvalue weighted by atomic mass is 32.2.